The number of hydrogen-bond acceptors (Lipinski definition) is 5. The Bertz CT molecular complexity index is 931. The molecule has 0 amide bonds. The average Bonchev–Trinajstić information content (AvgIpc) is 2.78. The number of para-hydroxylation sites is 1. The molecule has 5 heteroatoms. The lowest BCUT2D eigenvalue weighted by molar-refractivity contribution is -0.142. The number of Topliss-reactive ketones (excluding diaryl/α,β-unsaturated/α-hetero) is 2. The van der Waals surface area contributed by atoms with E-state index in [9.17, 15) is 14.4 Å². The minimum atomic E-state index is -0.905. The van der Waals surface area contributed by atoms with Crippen LogP contribution in [0, 0.1) is 5.41 Å². The third-order valence-electron chi connectivity index (χ3n) is 4.99. The van der Waals surface area contributed by atoms with Crippen LogP contribution in [-0.2, 0) is 15.0 Å². The third kappa shape index (κ3) is 2.68. The highest BCUT2D eigenvalue weighted by atomic mass is 16.5. The molecule has 0 aliphatic carbocycles. The van der Waals surface area contributed by atoms with Crippen LogP contribution in [0.4, 0.5) is 0 Å². The van der Waals surface area contributed by atoms with Crippen LogP contribution in [0.5, 0.6) is 5.75 Å². The Hall–Kier alpha value is -2.43. The lowest BCUT2D eigenvalue weighted by Gasteiger charge is -2.27. The summed E-state index contributed by atoms with van der Waals surface area (Å²) in [6, 6.07) is 7.13. The first-order valence-electron chi connectivity index (χ1n) is 8.36. The highest BCUT2D eigenvalue weighted by molar-refractivity contribution is 6.39. The number of rotatable bonds is 3. The topological polar surface area (TPSA) is 73.6 Å². The molecule has 0 unspecified atom stereocenters. The Morgan fingerprint density at radius 3 is 2.48 bits per heavy atom. The van der Waals surface area contributed by atoms with Crippen molar-refractivity contribution in [2.75, 3.05) is 0 Å². The van der Waals surface area contributed by atoms with E-state index >= 15 is 0 Å². The molecule has 25 heavy (non-hydrogen) atoms. The summed E-state index contributed by atoms with van der Waals surface area (Å²) in [5.74, 6) is -0.483. The van der Waals surface area contributed by atoms with Gasteiger partial charge in [-0.15, -0.1) is 0 Å². The number of carbonyl (C=O) groups is 2. The minimum Gasteiger partial charge on any atom is -0.488 e. The van der Waals surface area contributed by atoms with E-state index in [-0.39, 0.29) is 6.42 Å². The first-order valence-corrected chi connectivity index (χ1v) is 8.36. The van der Waals surface area contributed by atoms with Crippen molar-refractivity contribution in [3.8, 4) is 5.75 Å². The van der Waals surface area contributed by atoms with E-state index in [1.165, 1.54) is 0 Å². The third-order valence-corrected chi connectivity index (χ3v) is 4.99. The zero-order chi connectivity index (χ0) is 18.6. The van der Waals surface area contributed by atoms with Crippen LogP contribution in [-0.4, -0.2) is 17.7 Å². The summed E-state index contributed by atoms with van der Waals surface area (Å²) in [6.07, 6.45) is -0.506. The second kappa shape index (κ2) is 5.55. The van der Waals surface area contributed by atoms with Gasteiger partial charge in [-0.2, -0.15) is 0 Å². The highest BCUT2D eigenvalue weighted by Gasteiger charge is 2.49. The minimum absolute atomic E-state index is 0.0830. The number of hydrogen-bond donors (Lipinski definition) is 0. The van der Waals surface area contributed by atoms with Gasteiger partial charge in [0.2, 0.25) is 5.78 Å². The van der Waals surface area contributed by atoms with Crippen molar-refractivity contribution in [2.45, 2.75) is 52.6 Å². The SMILES string of the molecule is C[C@H]1Oc2c(c(=O)oc3ccccc23)[C@]1(C)CC(=O)C(=O)C(C)(C)C. The standard InChI is InChI=1S/C20H22O5/c1-11-20(5,10-13(21)17(22)19(2,3)4)15-16(24-11)12-8-6-7-9-14(12)25-18(15)23/h6-9,11H,10H2,1-5H3/t11-,20-/m1/s1. The van der Waals surface area contributed by atoms with Crippen LogP contribution in [0.1, 0.15) is 46.6 Å². The number of ether oxygens (including phenoxy) is 1. The first kappa shape index (κ1) is 17.4. The normalized spacial score (nSPS) is 22.5. The summed E-state index contributed by atoms with van der Waals surface area (Å²) >= 11 is 0. The summed E-state index contributed by atoms with van der Waals surface area (Å²) in [7, 11) is 0. The van der Waals surface area contributed by atoms with Crippen LogP contribution in [0.2, 0.25) is 0 Å². The first-order chi connectivity index (χ1) is 11.6. The van der Waals surface area contributed by atoms with Crippen LogP contribution < -0.4 is 10.4 Å². The van der Waals surface area contributed by atoms with Gasteiger partial charge < -0.3 is 9.15 Å². The molecule has 5 nitrogen and oxygen atoms in total. The van der Waals surface area contributed by atoms with Gasteiger partial charge >= 0.3 is 5.63 Å². The largest absolute Gasteiger partial charge is 0.488 e. The van der Waals surface area contributed by atoms with Crippen LogP contribution in [0.25, 0.3) is 11.0 Å². The van der Waals surface area contributed by atoms with Crippen molar-refractivity contribution in [2.24, 2.45) is 5.41 Å². The molecule has 0 N–H and O–H groups in total. The van der Waals surface area contributed by atoms with E-state index in [4.69, 9.17) is 9.15 Å². The molecular formula is C20H22O5. The summed E-state index contributed by atoms with van der Waals surface area (Å²) in [4.78, 5) is 37.5. The molecule has 0 saturated heterocycles. The lowest BCUT2D eigenvalue weighted by Crippen LogP contribution is -2.41. The van der Waals surface area contributed by atoms with Gasteiger partial charge in [-0.05, 0) is 19.1 Å². The van der Waals surface area contributed by atoms with Gasteiger partial charge in [-0.3, -0.25) is 9.59 Å². The summed E-state index contributed by atoms with van der Waals surface area (Å²) in [6.45, 7) is 8.71. The zero-order valence-electron chi connectivity index (χ0n) is 15.1. The van der Waals surface area contributed by atoms with Gasteiger partial charge in [-0.1, -0.05) is 39.8 Å². The molecule has 0 bridgehead atoms. The molecule has 3 rings (SSSR count). The molecule has 1 aliphatic heterocycles. The molecule has 1 aromatic carbocycles. The Morgan fingerprint density at radius 1 is 1.20 bits per heavy atom. The monoisotopic (exact) mass is 342 g/mol. The molecule has 2 heterocycles. The van der Waals surface area contributed by atoms with Gasteiger partial charge in [0, 0.05) is 17.3 Å². The number of ketones is 2. The van der Waals surface area contributed by atoms with E-state index < -0.39 is 34.1 Å². The van der Waals surface area contributed by atoms with Gasteiger partial charge in [0.15, 0.2) is 5.78 Å². The van der Waals surface area contributed by atoms with Crippen molar-refractivity contribution in [1.82, 2.24) is 0 Å². The van der Waals surface area contributed by atoms with Crippen molar-refractivity contribution in [3.05, 3.63) is 40.2 Å². The Labute approximate surface area is 146 Å². The molecule has 1 aliphatic rings. The average molecular weight is 342 g/mol. The Kier molecular flexibility index (Phi) is 3.86. The fourth-order valence-electron chi connectivity index (χ4n) is 3.31. The van der Waals surface area contributed by atoms with Gasteiger partial charge in [0.05, 0.1) is 10.9 Å². The molecular weight excluding hydrogens is 320 g/mol. The molecule has 2 aromatic rings. The molecule has 0 fully saturated rings. The Morgan fingerprint density at radius 2 is 1.84 bits per heavy atom. The fourth-order valence-corrected chi connectivity index (χ4v) is 3.31. The molecule has 0 spiro atoms. The lowest BCUT2D eigenvalue weighted by atomic mass is 9.73. The smallest absolute Gasteiger partial charge is 0.343 e. The van der Waals surface area contributed by atoms with E-state index in [1.807, 2.05) is 19.1 Å². The van der Waals surface area contributed by atoms with Gasteiger partial charge in [0.1, 0.15) is 17.4 Å². The van der Waals surface area contributed by atoms with Crippen molar-refractivity contribution >= 4 is 22.5 Å². The maximum Gasteiger partial charge on any atom is 0.343 e. The quantitative estimate of drug-likeness (QED) is 0.631. The number of carbonyl (C=O) groups excluding carboxylic acids is 2. The molecule has 1 aromatic heterocycles. The van der Waals surface area contributed by atoms with E-state index in [0.29, 0.717) is 22.3 Å². The van der Waals surface area contributed by atoms with Crippen LogP contribution in [0.3, 0.4) is 0 Å². The summed E-state index contributed by atoms with van der Waals surface area (Å²) < 4.78 is 11.4. The maximum absolute atomic E-state index is 12.6. The summed E-state index contributed by atoms with van der Waals surface area (Å²) in [5, 5.41) is 0.697. The predicted octanol–water partition coefficient (Wildman–Crippen LogP) is 3.41. The van der Waals surface area contributed by atoms with Gasteiger partial charge in [-0.25, -0.2) is 4.79 Å². The number of fused-ring (bicyclic) bond motifs is 3. The second-order valence-corrected chi connectivity index (χ2v) is 7.95. The van der Waals surface area contributed by atoms with Crippen LogP contribution in [0.15, 0.2) is 33.5 Å². The second-order valence-electron chi connectivity index (χ2n) is 7.95. The predicted molar refractivity (Wildman–Crippen MR) is 94.0 cm³/mol. The maximum atomic E-state index is 12.6. The van der Waals surface area contributed by atoms with Gasteiger partial charge in [0.25, 0.3) is 0 Å². The van der Waals surface area contributed by atoms with E-state index in [2.05, 4.69) is 0 Å². The van der Waals surface area contributed by atoms with E-state index in [1.54, 1.807) is 39.8 Å². The zero-order valence-corrected chi connectivity index (χ0v) is 15.1. The number of benzene rings is 1. The van der Waals surface area contributed by atoms with Crippen molar-refractivity contribution < 1.29 is 18.7 Å². The highest BCUT2D eigenvalue weighted by Crippen LogP contribution is 2.46. The van der Waals surface area contributed by atoms with Crippen molar-refractivity contribution in [3.63, 3.8) is 0 Å². The molecule has 0 saturated carbocycles. The van der Waals surface area contributed by atoms with Crippen LogP contribution >= 0.6 is 0 Å². The summed E-state index contributed by atoms with van der Waals surface area (Å²) in [5.41, 5.74) is -1.39. The fraction of sp³-hybridized carbons (Fsp3) is 0.450. The molecule has 2 atom stereocenters. The van der Waals surface area contributed by atoms with Crippen molar-refractivity contribution in [1.29, 1.82) is 0 Å². The Balaban J connectivity index is 2.11. The van der Waals surface area contributed by atoms with E-state index in [0.717, 1.165) is 0 Å². The molecule has 0 radical (unpaired) electrons. The molecule has 132 valence electrons.